The molecule has 0 saturated carbocycles. The molecule has 5 nitrogen and oxygen atoms in total. The molecule has 0 bridgehead atoms. The number of hydrogen-bond donors (Lipinski definition) is 1. The fourth-order valence-electron chi connectivity index (χ4n) is 1.74. The van der Waals surface area contributed by atoms with E-state index in [1.807, 2.05) is 30.3 Å². The van der Waals surface area contributed by atoms with Gasteiger partial charge in [-0.05, 0) is 23.8 Å². The zero-order chi connectivity index (χ0) is 13.5. The molecule has 5 heteroatoms. The Hall–Kier alpha value is -2.27. The number of carbonyl (C=O) groups is 1. The van der Waals surface area contributed by atoms with Crippen molar-refractivity contribution in [3.63, 3.8) is 0 Å². The minimum atomic E-state index is -0.322. The number of ether oxygens (including phenoxy) is 1. The highest BCUT2D eigenvalue weighted by molar-refractivity contribution is 5.90. The Morgan fingerprint density at radius 1 is 1.21 bits per heavy atom. The molecule has 0 aliphatic rings. The highest BCUT2D eigenvalue weighted by Crippen LogP contribution is 2.10. The van der Waals surface area contributed by atoms with Crippen molar-refractivity contribution in [3.05, 3.63) is 59.4 Å². The average molecular weight is 257 g/mol. The molecule has 1 aromatic heterocycles. The Kier molecular flexibility index (Phi) is 4.58. The van der Waals surface area contributed by atoms with Crippen molar-refractivity contribution < 1.29 is 9.53 Å². The summed E-state index contributed by atoms with van der Waals surface area (Å²) in [6, 6.07) is 11.1. The molecule has 2 aromatic rings. The summed E-state index contributed by atoms with van der Waals surface area (Å²) in [5, 5.41) is 11.0. The van der Waals surface area contributed by atoms with Crippen LogP contribution in [0.5, 0.6) is 0 Å². The van der Waals surface area contributed by atoms with Crippen LogP contribution >= 0.6 is 0 Å². The Morgan fingerprint density at radius 3 is 2.79 bits per heavy atom. The molecular formula is C14H15N3O2. The Morgan fingerprint density at radius 2 is 2.05 bits per heavy atom. The van der Waals surface area contributed by atoms with Gasteiger partial charge in [-0.15, -0.1) is 0 Å². The second-order valence-corrected chi connectivity index (χ2v) is 3.97. The molecule has 0 fully saturated rings. The third-order valence-electron chi connectivity index (χ3n) is 2.67. The predicted octanol–water partition coefficient (Wildman–Crippen LogP) is 1.55. The molecule has 0 saturated heterocycles. The van der Waals surface area contributed by atoms with Crippen molar-refractivity contribution in [3.8, 4) is 0 Å². The number of aromatic nitrogens is 2. The van der Waals surface area contributed by atoms with Gasteiger partial charge >= 0.3 is 5.97 Å². The molecule has 0 amide bonds. The number of benzene rings is 1. The lowest BCUT2D eigenvalue weighted by atomic mass is 10.1. The van der Waals surface area contributed by atoms with Gasteiger partial charge in [-0.25, -0.2) is 4.79 Å². The molecule has 0 atom stereocenters. The molecule has 0 radical (unpaired) electrons. The number of nitrogens with zero attached hydrogens (tertiary/aromatic N) is 2. The third-order valence-corrected chi connectivity index (χ3v) is 2.67. The molecule has 0 aliphatic carbocycles. The van der Waals surface area contributed by atoms with Crippen LogP contribution in [0.1, 0.15) is 21.6 Å². The van der Waals surface area contributed by atoms with Crippen LogP contribution in [0, 0.1) is 0 Å². The Labute approximate surface area is 111 Å². The predicted molar refractivity (Wildman–Crippen MR) is 70.4 cm³/mol. The molecule has 0 spiro atoms. The van der Waals surface area contributed by atoms with E-state index in [9.17, 15) is 4.79 Å². The van der Waals surface area contributed by atoms with E-state index in [4.69, 9.17) is 4.74 Å². The van der Waals surface area contributed by atoms with Crippen molar-refractivity contribution in [2.24, 2.45) is 0 Å². The second-order valence-electron chi connectivity index (χ2n) is 3.97. The number of esters is 1. The summed E-state index contributed by atoms with van der Waals surface area (Å²) in [5.74, 6) is -0.322. The van der Waals surface area contributed by atoms with Crippen molar-refractivity contribution in [2.75, 3.05) is 7.11 Å². The third kappa shape index (κ3) is 3.59. The van der Waals surface area contributed by atoms with Gasteiger partial charge in [0.05, 0.1) is 18.4 Å². The van der Waals surface area contributed by atoms with Gasteiger partial charge in [-0.3, -0.25) is 0 Å². The van der Waals surface area contributed by atoms with E-state index < -0.39 is 0 Å². The second kappa shape index (κ2) is 6.61. The van der Waals surface area contributed by atoms with Gasteiger partial charge in [-0.1, -0.05) is 18.2 Å². The first-order valence-corrected chi connectivity index (χ1v) is 5.95. The molecule has 0 aliphatic heterocycles. The van der Waals surface area contributed by atoms with Crippen LogP contribution in [0.4, 0.5) is 0 Å². The van der Waals surface area contributed by atoms with Crippen molar-refractivity contribution in [1.82, 2.24) is 15.5 Å². The fraction of sp³-hybridized carbons (Fsp3) is 0.214. The summed E-state index contributed by atoms with van der Waals surface area (Å²) in [7, 11) is 1.38. The van der Waals surface area contributed by atoms with Gasteiger partial charge in [0, 0.05) is 19.3 Å². The first-order valence-electron chi connectivity index (χ1n) is 5.95. The molecule has 19 heavy (non-hydrogen) atoms. The molecule has 1 heterocycles. The largest absolute Gasteiger partial charge is 0.465 e. The fourth-order valence-corrected chi connectivity index (χ4v) is 1.74. The molecule has 2 rings (SSSR count). The molecular weight excluding hydrogens is 242 g/mol. The van der Waals surface area contributed by atoms with Gasteiger partial charge in [0.15, 0.2) is 0 Å². The molecule has 98 valence electrons. The number of nitrogens with one attached hydrogen (secondary N) is 1. The quantitative estimate of drug-likeness (QED) is 0.823. The maximum atomic E-state index is 11.6. The summed E-state index contributed by atoms with van der Waals surface area (Å²) in [6.45, 7) is 1.17. The maximum absolute atomic E-state index is 11.6. The van der Waals surface area contributed by atoms with E-state index in [2.05, 4.69) is 15.5 Å². The van der Waals surface area contributed by atoms with Crippen LogP contribution in [0.3, 0.4) is 0 Å². The van der Waals surface area contributed by atoms with Crippen LogP contribution in [-0.4, -0.2) is 23.3 Å². The number of methoxy groups -OCH3 is 1. The minimum absolute atomic E-state index is 0.322. The first-order chi connectivity index (χ1) is 9.31. The van der Waals surface area contributed by atoms with E-state index in [0.29, 0.717) is 18.7 Å². The van der Waals surface area contributed by atoms with Crippen molar-refractivity contribution in [1.29, 1.82) is 0 Å². The lowest BCUT2D eigenvalue weighted by Crippen LogP contribution is -2.16. The molecule has 1 aromatic carbocycles. The highest BCUT2D eigenvalue weighted by atomic mass is 16.5. The number of carbonyl (C=O) groups excluding carboxylic acids is 1. The molecule has 1 N–H and O–H groups in total. The average Bonchev–Trinajstić information content (AvgIpc) is 2.48. The van der Waals surface area contributed by atoms with E-state index in [-0.39, 0.29) is 5.97 Å². The van der Waals surface area contributed by atoms with Gasteiger partial charge in [0.2, 0.25) is 0 Å². The Bertz CT molecular complexity index is 543. The van der Waals surface area contributed by atoms with Crippen LogP contribution in [0.15, 0.2) is 42.6 Å². The zero-order valence-corrected chi connectivity index (χ0v) is 10.7. The van der Waals surface area contributed by atoms with E-state index in [1.54, 1.807) is 12.3 Å². The van der Waals surface area contributed by atoms with Crippen LogP contribution in [0.25, 0.3) is 0 Å². The summed E-state index contributed by atoms with van der Waals surface area (Å²) < 4.78 is 4.75. The van der Waals surface area contributed by atoms with E-state index in [1.165, 1.54) is 7.11 Å². The van der Waals surface area contributed by atoms with E-state index in [0.717, 1.165) is 11.3 Å². The summed E-state index contributed by atoms with van der Waals surface area (Å²) in [6.07, 6.45) is 1.63. The summed E-state index contributed by atoms with van der Waals surface area (Å²) in [5.41, 5.74) is 2.34. The van der Waals surface area contributed by atoms with Gasteiger partial charge < -0.3 is 10.1 Å². The van der Waals surface area contributed by atoms with Gasteiger partial charge in [0.25, 0.3) is 0 Å². The van der Waals surface area contributed by atoms with E-state index >= 15 is 0 Å². The monoisotopic (exact) mass is 257 g/mol. The minimum Gasteiger partial charge on any atom is -0.465 e. The standard InChI is InChI=1S/C14H15N3O2/c1-19-14(18)13-7-3-2-5-11(13)9-15-10-12-6-4-8-16-17-12/h2-8,15H,9-10H2,1H3. The van der Waals surface area contributed by atoms with Crippen molar-refractivity contribution >= 4 is 5.97 Å². The first kappa shape index (κ1) is 13.2. The lowest BCUT2D eigenvalue weighted by Gasteiger charge is -2.08. The zero-order valence-electron chi connectivity index (χ0n) is 10.7. The number of rotatable bonds is 5. The Balaban J connectivity index is 1.98. The van der Waals surface area contributed by atoms with Gasteiger partial charge in [-0.2, -0.15) is 10.2 Å². The van der Waals surface area contributed by atoms with Crippen molar-refractivity contribution in [2.45, 2.75) is 13.1 Å². The number of hydrogen-bond acceptors (Lipinski definition) is 5. The SMILES string of the molecule is COC(=O)c1ccccc1CNCc1cccnn1. The van der Waals surface area contributed by atoms with Crippen LogP contribution in [-0.2, 0) is 17.8 Å². The lowest BCUT2D eigenvalue weighted by molar-refractivity contribution is 0.0599. The van der Waals surface area contributed by atoms with Crippen LogP contribution < -0.4 is 5.32 Å². The van der Waals surface area contributed by atoms with Gasteiger partial charge in [0.1, 0.15) is 0 Å². The summed E-state index contributed by atoms with van der Waals surface area (Å²) >= 11 is 0. The molecule has 0 unspecified atom stereocenters. The normalized spacial score (nSPS) is 10.2. The highest BCUT2D eigenvalue weighted by Gasteiger charge is 2.10. The smallest absolute Gasteiger partial charge is 0.338 e. The van der Waals surface area contributed by atoms with Crippen LogP contribution in [0.2, 0.25) is 0 Å². The topological polar surface area (TPSA) is 64.1 Å². The maximum Gasteiger partial charge on any atom is 0.338 e. The summed E-state index contributed by atoms with van der Waals surface area (Å²) in [4.78, 5) is 11.6.